The Balaban J connectivity index is 2.71. The Kier molecular flexibility index (Phi) is 3.62. The minimum Gasteiger partial charge on any atom is -0.303 e. The van der Waals surface area contributed by atoms with Crippen LogP contribution in [0, 0.1) is 5.82 Å². The summed E-state index contributed by atoms with van der Waals surface area (Å²) < 4.78 is 13.1. The number of nitrogens with zero attached hydrogens (tertiary/aromatic N) is 1. The molecule has 82 valence electrons. The molecule has 2 N–H and O–H groups in total. The van der Waals surface area contributed by atoms with E-state index in [1.807, 2.05) is 0 Å². The van der Waals surface area contributed by atoms with Crippen LogP contribution in [0.25, 0.3) is 0 Å². The Morgan fingerprint density at radius 1 is 1.47 bits per heavy atom. The second kappa shape index (κ2) is 4.75. The smallest absolute Gasteiger partial charge is 0.303 e. The number of carbonyl (C=O) groups is 1. The van der Waals surface area contributed by atoms with Crippen molar-refractivity contribution in [3.63, 3.8) is 0 Å². The molecule has 0 unspecified atom stereocenters. The van der Waals surface area contributed by atoms with E-state index < -0.39 is 11.8 Å². The van der Waals surface area contributed by atoms with Crippen molar-refractivity contribution in [2.45, 2.75) is 19.9 Å². The van der Waals surface area contributed by atoms with Gasteiger partial charge in [-0.05, 0) is 26.0 Å². The molecule has 1 aromatic carbocycles. The zero-order valence-electron chi connectivity index (χ0n) is 8.57. The van der Waals surface area contributed by atoms with E-state index in [0.717, 1.165) is 0 Å². The number of carbonyl (C=O) groups excluding carboxylic acids is 1. The highest BCUT2D eigenvalue weighted by molar-refractivity contribution is 5.88. The Labute approximate surface area is 87.3 Å². The standard InChI is InChI=1S/C10H13FN2O2/c1-7(2)13(15)10(14)12-9-6-4-3-5-8(9)11/h3-7,15H,1-2H3,(H,12,14). The summed E-state index contributed by atoms with van der Waals surface area (Å²) in [6.07, 6.45) is 0. The van der Waals surface area contributed by atoms with Crippen LogP contribution in [0.4, 0.5) is 14.9 Å². The van der Waals surface area contributed by atoms with Gasteiger partial charge in [-0.2, -0.15) is 0 Å². The maximum absolute atomic E-state index is 13.1. The van der Waals surface area contributed by atoms with Gasteiger partial charge in [-0.1, -0.05) is 12.1 Å². The van der Waals surface area contributed by atoms with Gasteiger partial charge in [-0.25, -0.2) is 14.2 Å². The zero-order valence-corrected chi connectivity index (χ0v) is 8.57. The van der Waals surface area contributed by atoms with Crippen LogP contribution in [-0.2, 0) is 0 Å². The lowest BCUT2D eigenvalue weighted by Gasteiger charge is -2.19. The quantitative estimate of drug-likeness (QED) is 0.584. The van der Waals surface area contributed by atoms with E-state index in [9.17, 15) is 14.4 Å². The SMILES string of the molecule is CC(C)N(O)C(=O)Nc1ccccc1F. The average Bonchev–Trinajstić information content (AvgIpc) is 2.20. The molecule has 0 bridgehead atoms. The van der Waals surface area contributed by atoms with Gasteiger partial charge in [0.25, 0.3) is 0 Å². The van der Waals surface area contributed by atoms with E-state index in [1.165, 1.54) is 18.2 Å². The highest BCUT2D eigenvalue weighted by Crippen LogP contribution is 2.13. The highest BCUT2D eigenvalue weighted by atomic mass is 19.1. The number of rotatable bonds is 2. The molecule has 1 aromatic rings. The van der Waals surface area contributed by atoms with Crippen molar-refractivity contribution in [1.29, 1.82) is 0 Å². The lowest BCUT2D eigenvalue weighted by molar-refractivity contribution is -0.0622. The molecule has 0 atom stereocenters. The van der Waals surface area contributed by atoms with Gasteiger partial charge in [0.15, 0.2) is 0 Å². The van der Waals surface area contributed by atoms with Gasteiger partial charge in [0.05, 0.1) is 11.7 Å². The molecule has 0 fully saturated rings. The van der Waals surface area contributed by atoms with Crippen LogP contribution in [0.1, 0.15) is 13.8 Å². The maximum Gasteiger partial charge on any atom is 0.345 e. The number of hydrogen-bond donors (Lipinski definition) is 2. The number of urea groups is 1. The van der Waals surface area contributed by atoms with E-state index in [4.69, 9.17) is 0 Å². The third-order valence-electron chi connectivity index (χ3n) is 1.81. The van der Waals surface area contributed by atoms with Crippen LogP contribution in [-0.4, -0.2) is 22.3 Å². The third kappa shape index (κ3) is 2.92. The van der Waals surface area contributed by atoms with E-state index in [-0.39, 0.29) is 11.7 Å². The molecule has 0 radical (unpaired) electrons. The minimum atomic E-state index is -0.755. The number of halogens is 1. The number of nitrogens with one attached hydrogen (secondary N) is 1. The Bertz CT molecular complexity index is 355. The summed E-state index contributed by atoms with van der Waals surface area (Å²) in [5.41, 5.74) is 0.0437. The molecule has 0 spiro atoms. The van der Waals surface area contributed by atoms with Crippen LogP contribution >= 0.6 is 0 Å². The largest absolute Gasteiger partial charge is 0.345 e. The van der Waals surface area contributed by atoms with Gasteiger partial charge in [0.2, 0.25) is 0 Å². The number of hydrogen-bond acceptors (Lipinski definition) is 2. The van der Waals surface area contributed by atoms with E-state index >= 15 is 0 Å². The Hall–Kier alpha value is -1.62. The van der Waals surface area contributed by atoms with Crippen molar-refractivity contribution >= 4 is 11.7 Å². The first-order valence-corrected chi connectivity index (χ1v) is 4.56. The number of amides is 2. The lowest BCUT2D eigenvalue weighted by atomic mass is 10.3. The normalized spacial score (nSPS) is 10.2. The number of anilines is 1. The number of para-hydroxylation sites is 1. The van der Waals surface area contributed by atoms with Crippen molar-refractivity contribution in [3.8, 4) is 0 Å². The predicted molar refractivity (Wildman–Crippen MR) is 54.2 cm³/mol. The van der Waals surface area contributed by atoms with Crippen molar-refractivity contribution < 1.29 is 14.4 Å². The number of hydroxylamine groups is 2. The molecule has 2 amide bonds. The molecule has 0 aliphatic carbocycles. The van der Waals surface area contributed by atoms with Gasteiger partial charge in [-0.15, -0.1) is 0 Å². The van der Waals surface area contributed by atoms with Gasteiger partial charge in [0, 0.05) is 0 Å². The van der Waals surface area contributed by atoms with Crippen molar-refractivity contribution in [3.05, 3.63) is 30.1 Å². The topological polar surface area (TPSA) is 52.6 Å². The van der Waals surface area contributed by atoms with Crippen molar-refractivity contribution in [2.75, 3.05) is 5.32 Å². The first-order chi connectivity index (χ1) is 7.02. The molecule has 0 heterocycles. The first kappa shape index (κ1) is 11.5. The molecule has 0 aromatic heterocycles. The monoisotopic (exact) mass is 212 g/mol. The Morgan fingerprint density at radius 3 is 2.60 bits per heavy atom. The third-order valence-corrected chi connectivity index (χ3v) is 1.81. The molecule has 0 aliphatic heterocycles. The zero-order chi connectivity index (χ0) is 11.4. The maximum atomic E-state index is 13.1. The Morgan fingerprint density at radius 2 is 2.07 bits per heavy atom. The molecule has 0 aliphatic rings. The summed E-state index contributed by atoms with van der Waals surface area (Å²) in [6, 6.07) is 4.64. The van der Waals surface area contributed by atoms with Gasteiger partial charge < -0.3 is 5.32 Å². The van der Waals surface area contributed by atoms with Crippen LogP contribution < -0.4 is 5.32 Å². The van der Waals surface area contributed by atoms with Gasteiger partial charge in [-0.3, -0.25) is 5.21 Å². The van der Waals surface area contributed by atoms with E-state index in [1.54, 1.807) is 19.9 Å². The fourth-order valence-corrected chi connectivity index (χ4v) is 0.970. The fraction of sp³-hybridized carbons (Fsp3) is 0.300. The van der Waals surface area contributed by atoms with E-state index in [0.29, 0.717) is 5.06 Å². The van der Waals surface area contributed by atoms with Crippen LogP contribution in [0.2, 0.25) is 0 Å². The summed E-state index contributed by atoms with van der Waals surface area (Å²) >= 11 is 0. The summed E-state index contributed by atoms with van der Waals surface area (Å²) in [6.45, 7) is 3.28. The highest BCUT2D eigenvalue weighted by Gasteiger charge is 2.15. The lowest BCUT2D eigenvalue weighted by Crippen LogP contribution is -2.37. The second-order valence-electron chi connectivity index (χ2n) is 3.35. The summed E-state index contributed by atoms with van der Waals surface area (Å²) in [5, 5.41) is 12.0. The van der Waals surface area contributed by atoms with Crippen LogP contribution in [0.3, 0.4) is 0 Å². The summed E-state index contributed by atoms with van der Waals surface area (Å²) in [4.78, 5) is 11.3. The number of benzene rings is 1. The molecule has 0 saturated carbocycles. The van der Waals surface area contributed by atoms with Crippen molar-refractivity contribution in [2.24, 2.45) is 0 Å². The van der Waals surface area contributed by atoms with Crippen molar-refractivity contribution in [1.82, 2.24) is 5.06 Å². The van der Waals surface area contributed by atoms with E-state index in [2.05, 4.69) is 5.32 Å². The minimum absolute atomic E-state index is 0.0437. The second-order valence-corrected chi connectivity index (χ2v) is 3.35. The van der Waals surface area contributed by atoms with Crippen LogP contribution in [0.5, 0.6) is 0 Å². The van der Waals surface area contributed by atoms with Crippen LogP contribution in [0.15, 0.2) is 24.3 Å². The summed E-state index contributed by atoms with van der Waals surface area (Å²) in [5.74, 6) is -0.539. The molecule has 15 heavy (non-hydrogen) atoms. The van der Waals surface area contributed by atoms with Gasteiger partial charge in [0.1, 0.15) is 5.82 Å². The molecular weight excluding hydrogens is 199 g/mol. The van der Waals surface area contributed by atoms with Gasteiger partial charge >= 0.3 is 6.03 Å². The molecule has 4 nitrogen and oxygen atoms in total. The average molecular weight is 212 g/mol. The molecule has 5 heteroatoms. The fourth-order valence-electron chi connectivity index (χ4n) is 0.970. The molecular formula is C10H13FN2O2. The molecule has 0 saturated heterocycles. The first-order valence-electron chi connectivity index (χ1n) is 4.56. The summed E-state index contributed by atoms with van der Waals surface area (Å²) in [7, 11) is 0. The predicted octanol–water partition coefficient (Wildman–Crippen LogP) is 2.46. The molecule has 1 rings (SSSR count).